The van der Waals surface area contributed by atoms with E-state index in [9.17, 15) is 0 Å². The molecule has 0 atom stereocenters. The van der Waals surface area contributed by atoms with Gasteiger partial charge in [-0.2, -0.15) is 0 Å². The molecule has 0 aliphatic rings. The molecule has 0 aliphatic carbocycles. The van der Waals surface area contributed by atoms with E-state index in [0.717, 1.165) is 19.3 Å². The van der Waals surface area contributed by atoms with Crippen molar-refractivity contribution in [3.05, 3.63) is 10.6 Å². The lowest BCUT2D eigenvalue weighted by Crippen LogP contribution is -1.83. The van der Waals surface area contributed by atoms with E-state index in [-0.39, 0.29) is 0 Å². The summed E-state index contributed by atoms with van der Waals surface area (Å²) < 4.78 is 1.31. The van der Waals surface area contributed by atoms with Crippen molar-refractivity contribution in [3.8, 4) is 0 Å². The fourth-order valence-corrected chi connectivity index (χ4v) is 1.85. The second kappa shape index (κ2) is 11.3. The number of rotatable bonds is 9. The van der Waals surface area contributed by atoms with E-state index in [2.05, 4.69) is 28.9 Å². The van der Waals surface area contributed by atoms with E-state index in [4.69, 9.17) is 5.11 Å². The lowest BCUT2D eigenvalue weighted by atomic mass is 10.1. The minimum absolute atomic E-state index is 0.316. The van der Waals surface area contributed by atoms with Gasteiger partial charge in [0.15, 0.2) is 0 Å². The summed E-state index contributed by atoms with van der Waals surface area (Å²) in [6.07, 6.45) is 11.9. The molecule has 0 amide bonds. The number of unbranched alkanes of at least 4 members (excludes halogenated alkanes) is 5. The van der Waals surface area contributed by atoms with E-state index >= 15 is 0 Å². The first-order valence-corrected chi connectivity index (χ1v) is 6.56. The molecule has 0 heterocycles. The van der Waals surface area contributed by atoms with Crippen molar-refractivity contribution in [2.24, 2.45) is 0 Å². The minimum Gasteiger partial charge on any atom is -0.396 e. The highest BCUT2D eigenvalue weighted by Crippen LogP contribution is 2.16. The van der Waals surface area contributed by atoms with Gasteiger partial charge in [-0.25, -0.2) is 0 Å². The summed E-state index contributed by atoms with van der Waals surface area (Å²) in [6, 6.07) is 0. The zero-order chi connectivity index (χ0) is 10.6. The zero-order valence-corrected chi connectivity index (χ0v) is 10.9. The third-order valence-corrected chi connectivity index (χ3v) is 2.97. The van der Waals surface area contributed by atoms with E-state index in [1.54, 1.807) is 0 Å². The third kappa shape index (κ3) is 10.3. The van der Waals surface area contributed by atoms with Gasteiger partial charge in [0.2, 0.25) is 0 Å². The first-order chi connectivity index (χ1) is 6.81. The molecule has 84 valence electrons. The second-order valence-electron chi connectivity index (χ2n) is 3.68. The molecule has 14 heavy (non-hydrogen) atoms. The predicted molar refractivity (Wildman–Crippen MR) is 66.7 cm³/mol. The topological polar surface area (TPSA) is 20.2 Å². The number of aliphatic hydroxyl groups excluding tert-OH is 1. The van der Waals surface area contributed by atoms with Crippen LogP contribution in [0.4, 0.5) is 0 Å². The van der Waals surface area contributed by atoms with Crippen LogP contribution in [0.15, 0.2) is 10.6 Å². The van der Waals surface area contributed by atoms with Crippen LogP contribution in [0.1, 0.15) is 58.3 Å². The molecule has 0 aromatic rings. The maximum absolute atomic E-state index is 8.62. The predicted octanol–water partition coefficient (Wildman–Crippen LogP) is 4.40. The average Bonchev–Trinajstić information content (AvgIpc) is 2.18. The van der Waals surface area contributed by atoms with Crippen LogP contribution in [-0.2, 0) is 0 Å². The molecular weight excluding hydrogens is 240 g/mol. The first kappa shape index (κ1) is 14.2. The van der Waals surface area contributed by atoms with Crippen LogP contribution in [0, 0.1) is 0 Å². The van der Waals surface area contributed by atoms with E-state index in [1.165, 1.54) is 36.6 Å². The van der Waals surface area contributed by atoms with Gasteiger partial charge in [-0.3, -0.25) is 0 Å². The Bertz CT molecular complexity index is 143. The molecule has 0 rings (SSSR count). The molecule has 0 radical (unpaired) electrons. The Morgan fingerprint density at radius 2 is 1.93 bits per heavy atom. The van der Waals surface area contributed by atoms with Crippen molar-refractivity contribution in [1.82, 2.24) is 0 Å². The average molecular weight is 263 g/mol. The Hall–Kier alpha value is 0.180. The van der Waals surface area contributed by atoms with Gasteiger partial charge in [0.25, 0.3) is 0 Å². The summed E-state index contributed by atoms with van der Waals surface area (Å²) in [5.41, 5.74) is 0. The standard InChI is InChI=1S/C12H23BrO/c1-2-3-4-5-6-9-12(13)10-7-8-11-14/h9,14H,2-8,10-11H2,1H3. The first-order valence-electron chi connectivity index (χ1n) is 5.76. The zero-order valence-electron chi connectivity index (χ0n) is 9.27. The molecule has 1 N–H and O–H groups in total. The Morgan fingerprint density at radius 1 is 1.14 bits per heavy atom. The monoisotopic (exact) mass is 262 g/mol. The summed E-state index contributed by atoms with van der Waals surface area (Å²) in [7, 11) is 0. The fourth-order valence-electron chi connectivity index (χ4n) is 1.34. The van der Waals surface area contributed by atoms with Crippen LogP contribution in [-0.4, -0.2) is 11.7 Å². The molecule has 0 aliphatic heterocycles. The number of halogens is 1. The molecule has 0 aromatic heterocycles. The summed E-state index contributed by atoms with van der Waals surface area (Å²) >= 11 is 3.56. The molecule has 1 nitrogen and oxygen atoms in total. The molecule has 2 heteroatoms. The number of allylic oxidation sites excluding steroid dienone is 2. The lowest BCUT2D eigenvalue weighted by molar-refractivity contribution is 0.285. The van der Waals surface area contributed by atoms with Gasteiger partial charge in [-0.15, -0.1) is 0 Å². The van der Waals surface area contributed by atoms with Crippen LogP contribution in [0.3, 0.4) is 0 Å². The van der Waals surface area contributed by atoms with Gasteiger partial charge in [-0.05, 0) is 36.6 Å². The van der Waals surface area contributed by atoms with Crippen LogP contribution < -0.4 is 0 Å². The molecule has 0 saturated carbocycles. The molecule has 0 saturated heterocycles. The Kier molecular flexibility index (Phi) is 11.4. The highest BCUT2D eigenvalue weighted by Gasteiger charge is 1.92. The Morgan fingerprint density at radius 3 is 2.57 bits per heavy atom. The Labute approximate surface area is 96.7 Å². The van der Waals surface area contributed by atoms with Crippen molar-refractivity contribution in [2.45, 2.75) is 58.3 Å². The van der Waals surface area contributed by atoms with Gasteiger partial charge in [0.05, 0.1) is 0 Å². The highest BCUT2D eigenvalue weighted by atomic mass is 79.9. The smallest absolute Gasteiger partial charge is 0.0431 e. The van der Waals surface area contributed by atoms with E-state index < -0.39 is 0 Å². The van der Waals surface area contributed by atoms with Gasteiger partial charge < -0.3 is 5.11 Å². The molecule has 0 aromatic carbocycles. The quantitative estimate of drug-likeness (QED) is 0.611. The largest absolute Gasteiger partial charge is 0.396 e. The summed E-state index contributed by atoms with van der Waals surface area (Å²) in [4.78, 5) is 0. The van der Waals surface area contributed by atoms with E-state index in [1.807, 2.05) is 0 Å². The molecule has 0 spiro atoms. The number of hydrogen-bond donors (Lipinski definition) is 1. The van der Waals surface area contributed by atoms with Gasteiger partial charge in [0, 0.05) is 6.61 Å². The molecule has 0 fully saturated rings. The molecular formula is C12H23BrO. The third-order valence-electron chi connectivity index (χ3n) is 2.25. The van der Waals surface area contributed by atoms with Gasteiger partial charge in [0.1, 0.15) is 0 Å². The lowest BCUT2D eigenvalue weighted by Gasteiger charge is -1.99. The fraction of sp³-hybridized carbons (Fsp3) is 0.833. The maximum atomic E-state index is 8.62. The second-order valence-corrected chi connectivity index (χ2v) is 4.70. The summed E-state index contributed by atoms with van der Waals surface area (Å²) in [5, 5.41) is 8.62. The van der Waals surface area contributed by atoms with Crippen molar-refractivity contribution >= 4 is 15.9 Å². The van der Waals surface area contributed by atoms with Gasteiger partial charge >= 0.3 is 0 Å². The number of hydrogen-bond acceptors (Lipinski definition) is 1. The minimum atomic E-state index is 0.316. The van der Waals surface area contributed by atoms with Crippen molar-refractivity contribution in [1.29, 1.82) is 0 Å². The van der Waals surface area contributed by atoms with Crippen LogP contribution in [0.25, 0.3) is 0 Å². The SMILES string of the molecule is CCCCCCC=C(Br)CCCCO. The van der Waals surface area contributed by atoms with Crippen molar-refractivity contribution < 1.29 is 5.11 Å². The van der Waals surface area contributed by atoms with Crippen LogP contribution in [0.5, 0.6) is 0 Å². The van der Waals surface area contributed by atoms with E-state index in [0.29, 0.717) is 6.61 Å². The molecule has 0 bridgehead atoms. The summed E-state index contributed by atoms with van der Waals surface area (Å²) in [5.74, 6) is 0. The molecule has 0 unspecified atom stereocenters. The normalized spacial score (nSPS) is 12.1. The maximum Gasteiger partial charge on any atom is 0.0431 e. The highest BCUT2D eigenvalue weighted by molar-refractivity contribution is 9.11. The van der Waals surface area contributed by atoms with Crippen molar-refractivity contribution in [2.75, 3.05) is 6.61 Å². The number of aliphatic hydroxyl groups is 1. The Balaban J connectivity index is 3.27. The van der Waals surface area contributed by atoms with Crippen LogP contribution in [0.2, 0.25) is 0 Å². The van der Waals surface area contributed by atoms with Crippen LogP contribution >= 0.6 is 15.9 Å². The van der Waals surface area contributed by atoms with Crippen molar-refractivity contribution in [3.63, 3.8) is 0 Å². The van der Waals surface area contributed by atoms with Gasteiger partial charge in [-0.1, -0.05) is 48.2 Å². The summed E-state index contributed by atoms with van der Waals surface area (Å²) in [6.45, 7) is 2.55.